The predicted octanol–water partition coefficient (Wildman–Crippen LogP) is 7.86. The number of benzene rings is 3. The molecular weight excluding hydrogens is 471 g/mol. The molecular formula is C25H13ClF3NO2S. The number of hydrogen-bond donors (Lipinski definition) is 0. The van der Waals surface area contributed by atoms with Gasteiger partial charge < -0.3 is 4.74 Å². The van der Waals surface area contributed by atoms with E-state index in [4.69, 9.17) is 16.3 Å². The molecule has 8 heteroatoms. The summed E-state index contributed by atoms with van der Waals surface area (Å²) in [5.74, 6) is -0.321. The van der Waals surface area contributed by atoms with Gasteiger partial charge in [0, 0.05) is 10.1 Å². The van der Waals surface area contributed by atoms with Gasteiger partial charge in [0.25, 0.3) is 0 Å². The van der Waals surface area contributed by atoms with Crippen molar-refractivity contribution in [2.75, 3.05) is 0 Å². The summed E-state index contributed by atoms with van der Waals surface area (Å²) in [6.07, 6.45) is -2.94. The van der Waals surface area contributed by atoms with Gasteiger partial charge in [0.15, 0.2) is 0 Å². The molecule has 0 spiro atoms. The monoisotopic (exact) mass is 483 g/mol. The van der Waals surface area contributed by atoms with Crippen molar-refractivity contribution in [2.45, 2.75) is 6.18 Å². The SMILES string of the molecule is N#C/C(=C\c1ccc(C(F)(F)F)cc1)c1ccc(OC(=O)c2sc3ccccc3c2Cl)cc1. The summed E-state index contributed by atoms with van der Waals surface area (Å²) in [6, 6.07) is 20.2. The van der Waals surface area contributed by atoms with E-state index in [9.17, 15) is 23.2 Å². The fraction of sp³-hybridized carbons (Fsp3) is 0.0400. The third-order valence-corrected chi connectivity index (χ3v) is 6.42. The van der Waals surface area contributed by atoms with Crippen molar-refractivity contribution in [1.29, 1.82) is 5.26 Å². The maximum absolute atomic E-state index is 12.7. The Hall–Kier alpha value is -3.60. The lowest BCUT2D eigenvalue weighted by molar-refractivity contribution is -0.137. The zero-order valence-corrected chi connectivity index (χ0v) is 18.3. The molecule has 0 aliphatic carbocycles. The van der Waals surface area contributed by atoms with Crippen molar-refractivity contribution in [2.24, 2.45) is 0 Å². The molecule has 0 N–H and O–H groups in total. The van der Waals surface area contributed by atoms with Gasteiger partial charge in [-0.2, -0.15) is 18.4 Å². The highest BCUT2D eigenvalue weighted by Gasteiger charge is 2.29. The maximum atomic E-state index is 12.7. The van der Waals surface area contributed by atoms with Crippen LogP contribution in [0.25, 0.3) is 21.7 Å². The first-order valence-electron chi connectivity index (χ1n) is 9.55. The molecule has 0 unspecified atom stereocenters. The summed E-state index contributed by atoms with van der Waals surface area (Å²) in [4.78, 5) is 12.9. The van der Waals surface area contributed by atoms with Gasteiger partial charge in [0.1, 0.15) is 10.6 Å². The number of thiophene rings is 1. The van der Waals surface area contributed by atoms with Crippen molar-refractivity contribution in [3.63, 3.8) is 0 Å². The van der Waals surface area contributed by atoms with Crippen LogP contribution in [0.5, 0.6) is 5.75 Å². The number of alkyl halides is 3. The average molecular weight is 484 g/mol. The molecule has 0 amide bonds. The molecule has 1 heterocycles. The zero-order chi connectivity index (χ0) is 23.6. The smallest absolute Gasteiger partial charge is 0.416 e. The van der Waals surface area contributed by atoms with E-state index < -0.39 is 17.7 Å². The largest absolute Gasteiger partial charge is 0.422 e. The van der Waals surface area contributed by atoms with E-state index in [0.717, 1.165) is 22.2 Å². The third-order valence-electron chi connectivity index (χ3n) is 4.77. The van der Waals surface area contributed by atoms with Gasteiger partial charge in [-0.25, -0.2) is 4.79 Å². The van der Waals surface area contributed by atoms with E-state index in [0.29, 0.717) is 21.0 Å². The maximum Gasteiger partial charge on any atom is 0.416 e. The van der Waals surface area contributed by atoms with Gasteiger partial charge in [-0.15, -0.1) is 11.3 Å². The summed E-state index contributed by atoms with van der Waals surface area (Å²) in [5.41, 5.74) is 0.467. The molecule has 0 radical (unpaired) electrons. The van der Waals surface area contributed by atoms with Gasteiger partial charge >= 0.3 is 12.1 Å². The number of allylic oxidation sites excluding steroid dienone is 1. The Morgan fingerprint density at radius 3 is 2.27 bits per heavy atom. The standard InChI is InChI=1S/C25H13ClF3NO2S/c26-22-20-3-1-2-4-21(20)33-23(22)24(31)32-19-11-7-16(8-12-19)17(14-30)13-15-5-9-18(10-6-15)25(27,28)29/h1-13H/b17-13+. The Balaban J connectivity index is 1.52. The van der Waals surface area contributed by atoms with Crippen molar-refractivity contribution in [1.82, 2.24) is 0 Å². The number of halogens is 4. The Kier molecular flexibility index (Phi) is 6.23. The summed E-state index contributed by atoms with van der Waals surface area (Å²) in [6.45, 7) is 0. The summed E-state index contributed by atoms with van der Waals surface area (Å²) >= 11 is 7.56. The number of carbonyl (C=O) groups is 1. The molecule has 0 aliphatic heterocycles. The van der Waals surface area contributed by atoms with Gasteiger partial charge in [-0.1, -0.05) is 41.9 Å². The minimum absolute atomic E-state index is 0.250. The van der Waals surface area contributed by atoms with Gasteiger partial charge in [0.05, 0.1) is 22.2 Å². The molecule has 0 atom stereocenters. The molecule has 164 valence electrons. The first-order chi connectivity index (χ1) is 15.8. The van der Waals surface area contributed by atoms with Crippen LogP contribution in [0.2, 0.25) is 5.02 Å². The van der Waals surface area contributed by atoms with E-state index in [1.54, 1.807) is 12.1 Å². The molecule has 0 fully saturated rings. The van der Waals surface area contributed by atoms with Crippen molar-refractivity contribution < 1.29 is 22.7 Å². The third kappa shape index (κ3) is 4.92. The lowest BCUT2D eigenvalue weighted by Gasteiger charge is -2.07. The van der Waals surface area contributed by atoms with Crippen LogP contribution in [0, 0.1) is 11.3 Å². The number of carbonyl (C=O) groups excluding carboxylic acids is 1. The van der Waals surface area contributed by atoms with Crippen molar-refractivity contribution in [3.05, 3.63) is 99.4 Å². The number of rotatable bonds is 4. The molecule has 3 aromatic carbocycles. The summed E-state index contributed by atoms with van der Waals surface area (Å²) in [7, 11) is 0. The highest BCUT2D eigenvalue weighted by molar-refractivity contribution is 7.21. The second-order valence-corrected chi connectivity index (χ2v) is 8.37. The minimum Gasteiger partial charge on any atom is -0.422 e. The zero-order valence-electron chi connectivity index (χ0n) is 16.7. The van der Waals surface area contributed by atoms with Crippen LogP contribution >= 0.6 is 22.9 Å². The lowest BCUT2D eigenvalue weighted by atomic mass is 10.0. The molecule has 4 rings (SSSR count). The Labute approximate surface area is 195 Å². The molecule has 1 aromatic heterocycles. The van der Waals surface area contributed by atoms with Crippen LogP contribution in [0.3, 0.4) is 0 Å². The number of esters is 1. The summed E-state index contributed by atoms with van der Waals surface area (Å²) < 4.78 is 44.4. The Morgan fingerprint density at radius 1 is 1.00 bits per heavy atom. The Morgan fingerprint density at radius 2 is 1.67 bits per heavy atom. The second-order valence-electron chi connectivity index (χ2n) is 6.94. The first kappa shape index (κ1) is 22.6. The number of hydrogen-bond acceptors (Lipinski definition) is 4. The molecule has 0 saturated carbocycles. The van der Waals surface area contributed by atoms with E-state index >= 15 is 0 Å². The number of fused-ring (bicyclic) bond motifs is 1. The lowest BCUT2D eigenvalue weighted by Crippen LogP contribution is -2.06. The van der Waals surface area contributed by atoms with Crippen LogP contribution in [0.1, 0.15) is 26.4 Å². The number of nitrogens with zero attached hydrogens (tertiary/aromatic N) is 1. The molecule has 0 saturated heterocycles. The van der Waals surface area contributed by atoms with Crippen LogP contribution in [-0.2, 0) is 6.18 Å². The topological polar surface area (TPSA) is 50.1 Å². The average Bonchev–Trinajstić information content (AvgIpc) is 3.15. The second kappa shape index (κ2) is 9.10. The van der Waals surface area contributed by atoms with Gasteiger partial charge in [-0.3, -0.25) is 0 Å². The fourth-order valence-corrected chi connectivity index (χ4v) is 4.50. The quantitative estimate of drug-likeness (QED) is 0.128. The summed E-state index contributed by atoms with van der Waals surface area (Å²) in [5, 5.41) is 10.6. The first-order valence-corrected chi connectivity index (χ1v) is 10.7. The van der Waals surface area contributed by atoms with Gasteiger partial charge in [0.2, 0.25) is 0 Å². The molecule has 0 bridgehead atoms. The van der Waals surface area contributed by atoms with Crippen LogP contribution in [0.15, 0.2) is 72.8 Å². The van der Waals surface area contributed by atoms with Crippen molar-refractivity contribution >= 4 is 50.6 Å². The van der Waals surface area contributed by atoms with Crippen LogP contribution in [0.4, 0.5) is 13.2 Å². The van der Waals surface area contributed by atoms with E-state index in [-0.39, 0.29) is 11.3 Å². The molecule has 4 aromatic rings. The van der Waals surface area contributed by atoms with Crippen molar-refractivity contribution in [3.8, 4) is 11.8 Å². The highest BCUT2D eigenvalue weighted by atomic mass is 35.5. The molecule has 3 nitrogen and oxygen atoms in total. The number of ether oxygens (including phenoxy) is 1. The van der Waals surface area contributed by atoms with E-state index in [1.165, 1.54) is 41.7 Å². The van der Waals surface area contributed by atoms with Crippen LogP contribution < -0.4 is 4.74 Å². The normalized spacial score (nSPS) is 11.9. The molecule has 0 aliphatic rings. The predicted molar refractivity (Wildman–Crippen MR) is 123 cm³/mol. The van der Waals surface area contributed by atoms with E-state index in [2.05, 4.69) is 0 Å². The highest BCUT2D eigenvalue weighted by Crippen LogP contribution is 2.36. The van der Waals surface area contributed by atoms with E-state index in [1.807, 2.05) is 30.3 Å². The van der Waals surface area contributed by atoms with Gasteiger partial charge in [-0.05, 0) is 59.7 Å². The molecule has 33 heavy (non-hydrogen) atoms. The van der Waals surface area contributed by atoms with Crippen LogP contribution in [-0.4, -0.2) is 5.97 Å². The number of nitriles is 1. The fourth-order valence-electron chi connectivity index (χ4n) is 3.12. The Bertz CT molecular complexity index is 1400. The minimum atomic E-state index is -4.42.